The molecule has 16 aromatic rings. The van der Waals surface area contributed by atoms with E-state index in [1.165, 1.54) is 167 Å². The summed E-state index contributed by atoms with van der Waals surface area (Å²) < 4.78 is 0. The molecule has 20 rings (SSSR count). The molecular weight excluding hydrogens is 1190 g/mol. The highest BCUT2D eigenvalue weighted by molar-refractivity contribution is 6.12. The molecule has 0 radical (unpaired) electrons. The first-order valence-corrected chi connectivity index (χ1v) is 34.4. The van der Waals surface area contributed by atoms with Gasteiger partial charge in [-0.2, -0.15) is 0 Å². The molecule has 0 aromatic heterocycles. The third kappa shape index (κ3) is 9.33. The van der Waals surface area contributed by atoms with Gasteiger partial charge in [0.1, 0.15) is 0 Å². The van der Waals surface area contributed by atoms with Crippen molar-refractivity contribution in [1.82, 2.24) is 0 Å². The maximum absolute atomic E-state index is 2.42. The zero-order valence-electron chi connectivity index (χ0n) is 54.2. The van der Waals surface area contributed by atoms with E-state index in [0.717, 1.165) is 40.5 Å². The molecule has 0 heterocycles. The molecule has 0 unspecified atom stereocenters. The molecule has 0 bridgehead atoms. The average Bonchev–Trinajstić information content (AvgIpc) is 0.746. The van der Waals surface area contributed by atoms with E-state index in [-0.39, 0.29) is 0 Å². The molecule has 16 aromatic carbocycles. The molecule has 0 fully saturated rings. The fraction of sp³-hybridized carbons (Fsp3) is 0.0103. The van der Waals surface area contributed by atoms with Crippen LogP contribution in [0.4, 0.5) is 34.1 Å². The summed E-state index contributed by atoms with van der Waals surface area (Å²) >= 11 is 0. The van der Waals surface area contributed by atoms with Crippen molar-refractivity contribution in [2.75, 3.05) is 9.80 Å². The van der Waals surface area contributed by atoms with Gasteiger partial charge in [0.2, 0.25) is 0 Å². The van der Waals surface area contributed by atoms with E-state index in [1.54, 1.807) is 0 Å². The predicted molar refractivity (Wildman–Crippen MR) is 415 cm³/mol. The molecule has 460 valence electrons. The van der Waals surface area contributed by atoms with Gasteiger partial charge >= 0.3 is 0 Å². The van der Waals surface area contributed by atoms with Gasteiger partial charge in [-0.3, -0.25) is 0 Å². The summed E-state index contributed by atoms with van der Waals surface area (Å²) in [7, 11) is 0. The molecule has 0 atom stereocenters. The molecule has 0 spiro atoms. The van der Waals surface area contributed by atoms with Crippen LogP contribution in [-0.4, -0.2) is 0 Å². The molecule has 0 N–H and O–H groups in total. The van der Waals surface area contributed by atoms with Crippen molar-refractivity contribution in [3.05, 3.63) is 375 Å². The first-order chi connectivity index (χ1) is 49.1. The van der Waals surface area contributed by atoms with E-state index in [4.69, 9.17) is 0 Å². The van der Waals surface area contributed by atoms with E-state index in [1.807, 2.05) is 0 Å². The zero-order chi connectivity index (χ0) is 65.1. The molecule has 99 heavy (non-hydrogen) atoms. The summed E-state index contributed by atoms with van der Waals surface area (Å²) in [5.41, 5.74) is 44.9. The van der Waals surface area contributed by atoms with Gasteiger partial charge in [-0.25, -0.2) is 0 Å². The molecular formula is C97H62N2. The molecule has 0 aliphatic heterocycles. The van der Waals surface area contributed by atoms with E-state index in [0.29, 0.717) is 0 Å². The topological polar surface area (TPSA) is 6.48 Å². The van der Waals surface area contributed by atoms with Crippen molar-refractivity contribution >= 4 is 34.1 Å². The Labute approximate surface area is 577 Å². The zero-order valence-corrected chi connectivity index (χ0v) is 54.2. The van der Waals surface area contributed by atoms with Crippen molar-refractivity contribution in [2.24, 2.45) is 0 Å². The summed E-state index contributed by atoms with van der Waals surface area (Å²) in [6.45, 7) is 0. The molecule has 0 saturated heterocycles. The van der Waals surface area contributed by atoms with Crippen LogP contribution in [0, 0.1) is 0 Å². The van der Waals surface area contributed by atoms with E-state index in [9.17, 15) is 0 Å². The lowest BCUT2D eigenvalue weighted by Gasteiger charge is -2.29. The fourth-order valence-electron chi connectivity index (χ4n) is 16.3. The molecule has 4 aliphatic carbocycles. The van der Waals surface area contributed by atoms with Crippen molar-refractivity contribution < 1.29 is 0 Å². The van der Waals surface area contributed by atoms with Gasteiger partial charge in [0.15, 0.2) is 0 Å². The number of hydrogen-bond donors (Lipinski definition) is 0. The quantitative estimate of drug-likeness (QED) is 0.107. The van der Waals surface area contributed by atoms with Crippen molar-refractivity contribution in [2.45, 2.75) is 6.42 Å². The van der Waals surface area contributed by atoms with Crippen LogP contribution in [0.25, 0.3) is 156 Å². The highest BCUT2D eigenvalue weighted by atomic mass is 15.1. The number of hydrogen-bond acceptors (Lipinski definition) is 2. The minimum absolute atomic E-state index is 0.839. The molecule has 2 nitrogen and oxygen atoms in total. The van der Waals surface area contributed by atoms with Gasteiger partial charge in [0, 0.05) is 34.1 Å². The lowest BCUT2D eigenvalue weighted by atomic mass is 9.76. The monoisotopic (exact) mass is 1250 g/mol. The summed E-state index contributed by atoms with van der Waals surface area (Å²) in [6.07, 6.45) is 0.839. The number of fused-ring (bicyclic) bond motifs is 16. The summed E-state index contributed by atoms with van der Waals surface area (Å²) in [6, 6.07) is 135. The van der Waals surface area contributed by atoms with Crippen LogP contribution in [0.15, 0.2) is 364 Å². The summed E-state index contributed by atoms with van der Waals surface area (Å²) in [4.78, 5) is 4.84. The average molecular weight is 1260 g/mol. The standard InChI is InChI=1S/C97H62N2/c1-5-29-86-82(25-1)90-37-13-33-78(94(86)90)68-17-9-21-74(58-68)98(75-22-10-18-69(59-75)79-34-14-38-91-83-26-2-6-30-87(83)95(79)91)72-53-49-66(50-54-72)64-45-41-62(42-46-64)57-63-43-47-65(48-44-63)67-51-55-73(56-52-67)99(76-23-11-19-70(60-76)80-35-15-39-92-84-27-3-7-31-88(84)96(80)92)77-24-12-20-71(61-77)81-36-16-40-93-85-28-4-8-32-89(85)97(81)93/h1-56,58-61H,57H2. The highest BCUT2D eigenvalue weighted by Crippen LogP contribution is 2.57. The first kappa shape index (κ1) is 56.5. The number of rotatable bonds is 14. The van der Waals surface area contributed by atoms with Gasteiger partial charge in [-0.15, -0.1) is 0 Å². The normalized spacial score (nSPS) is 11.9. The Morgan fingerprint density at radius 3 is 0.616 bits per heavy atom. The van der Waals surface area contributed by atoms with Crippen molar-refractivity contribution in [3.63, 3.8) is 0 Å². The number of anilines is 6. The minimum atomic E-state index is 0.839. The SMILES string of the molecule is c1cc(-c2cccc3c2-c2ccccc2-3)cc(N(c2ccc(-c3ccc(Cc4ccc(-c5ccc(N(c6cccc(-c7cccc8c7-c7ccccc7-8)c6)c6cccc(-c7cccc8c7-c7ccccc7-8)c6)cc5)cc4)cc3)cc2)c2cccc(-c3cccc4c3-c3ccccc3-4)c2)c1. The Morgan fingerprint density at radius 1 is 0.141 bits per heavy atom. The third-order valence-electron chi connectivity index (χ3n) is 21.1. The highest BCUT2D eigenvalue weighted by Gasteiger charge is 2.30. The molecule has 2 heteroatoms. The summed E-state index contributed by atoms with van der Waals surface area (Å²) in [5, 5.41) is 0. The predicted octanol–water partition coefficient (Wildman–Crippen LogP) is 26.8. The maximum Gasteiger partial charge on any atom is 0.0467 e. The van der Waals surface area contributed by atoms with Gasteiger partial charge < -0.3 is 9.80 Å². The second-order valence-corrected chi connectivity index (χ2v) is 26.6. The first-order valence-electron chi connectivity index (χ1n) is 34.4. The van der Waals surface area contributed by atoms with Crippen LogP contribution in [0.3, 0.4) is 0 Å². The van der Waals surface area contributed by atoms with Crippen molar-refractivity contribution in [1.29, 1.82) is 0 Å². The minimum Gasteiger partial charge on any atom is -0.310 e. The fourth-order valence-corrected chi connectivity index (χ4v) is 16.3. The van der Waals surface area contributed by atoms with Crippen LogP contribution in [0.2, 0.25) is 0 Å². The number of benzene rings is 16. The Balaban J connectivity index is 0.573. The maximum atomic E-state index is 2.42. The smallest absolute Gasteiger partial charge is 0.0467 e. The Bertz CT molecular complexity index is 5290. The van der Waals surface area contributed by atoms with E-state index in [2.05, 4.69) is 374 Å². The lowest BCUT2D eigenvalue weighted by Crippen LogP contribution is -2.10. The van der Waals surface area contributed by atoms with Gasteiger partial charge in [-0.1, -0.05) is 291 Å². The van der Waals surface area contributed by atoms with Crippen LogP contribution in [-0.2, 0) is 6.42 Å². The van der Waals surface area contributed by atoms with Gasteiger partial charge in [-0.05, 0) is 246 Å². The van der Waals surface area contributed by atoms with E-state index < -0.39 is 0 Å². The Morgan fingerprint density at radius 2 is 0.354 bits per heavy atom. The van der Waals surface area contributed by atoms with Crippen LogP contribution in [0.5, 0.6) is 0 Å². The number of nitrogens with zero attached hydrogens (tertiary/aromatic N) is 2. The molecule has 0 saturated carbocycles. The summed E-state index contributed by atoms with van der Waals surface area (Å²) in [5.74, 6) is 0. The lowest BCUT2D eigenvalue weighted by molar-refractivity contribution is 1.19. The van der Waals surface area contributed by atoms with Crippen LogP contribution in [0.1, 0.15) is 11.1 Å². The van der Waals surface area contributed by atoms with Gasteiger partial charge in [0.25, 0.3) is 0 Å². The molecule has 0 amide bonds. The molecule has 4 aliphatic rings. The Kier molecular flexibility index (Phi) is 13.1. The van der Waals surface area contributed by atoms with Crippen LogP contribution >= 0.6 is 0 Å². The largest absolute Gasteiger partial charge is 0.310 e. The second-order valence-electron chi connectivity index (χ2n) is 26.6. The van der Waals surface area contributed by atoms with Gasteiger partial charge in [0.05, 0.1) is 0 Å². The van der Waals surface area contributed by atoms with E-state index >= 15 is 0 Å². The van der Waals surface area contributed by atoms with Crippen molar-refractivity contribution in [3.8, 4) is 156 Å². The third-order valence-corrected chi connectivity index (χ3v) is 21.1. The Hall–Kier alpha value is -12.9. The van der Waals surface area contributed by atoms with Crippen LogP contribution < -0.4 is 9.80 Å². The second kappa shape index (κ2) is 22.9.